The number of hydrogen-bond donors (Lipinski definition) is 0. The summed E-state index contributed by atoms with van der Waals surface area (Å²) in [5.41, 5.74) is 2.38. The number of benzene rings is 1. The predicted octanol–water partition coefficient (Wildman–Crippen LogP) is 4.11. The highest BCUT2D eigenvalue weighted by Crippen LogP contribution is 2.41. The summed E-state index contributed by atoms with van der Waals surface area (Å²) >= 11 is 6.66. The van der Waals surface area contributed by atoms with Crippen LogP contribution in [0.25, 0.3) is 0 Å². The SMILES string of the molecule is CC1OCCC1C(Cl)c1ccc2c(c1)CC(C)(C)O2. The first-order valence-electron chi connectivity index (χ1n) is 7.04. The molecule has 19 heavy (non-hydrogen) atoms. The molecule has 104 valence electrons. The van der Waals surface area contributed by atoms with Crippen molar-refractivity contribution in [1.82, 2.24) is 0 Å². The molecule has 0 amide bonds. The first kappa shape index (κ1) is 13.3. The van der Waals surface area contributed by atoms with E-state index in [0.29, 0.717) is 5.92 Å². The Balaban J connectivity index is 1.83. The Kier molecular flexibility index (Phi) is 3.26. The molecule has 3 heteroatoms. The Labute approximate surface area is 120 Å². The van der Waals surface area contributed by atoms with Gasteiger partial charge >= 0.3 is 0 Å². The van der Waals surface area contributed by atoms with Gasteiger partial charge < -0.3 is 9.47 Å². The molecule has 0 aromatic heterocycles. The molecule has 1 aromatic carbocycles. The summed E-state index contributed by atoms with van der Waals surface area (Å²) < 4.78 is 11.5. The van der Waals surface area contributed by atoms with E-state index in [0.717, 1.165) is 25.2 Å². The van der Waals surface area contributed by atoms with Gasteiger partial charge in [0.1, 0.15) is 11.4 Å². The molecule has 3 atom stereocenters. The van der Waals surface area contributed by atoms with E-state index in [1.807, 2.05) is 0 Å². The molecule has 0 N–H and O–H groups in total. The monoisotopic (exact) mass is 280 g/mol. The van der Waals surface area contributed by atoms with Crippen LogP contribution >= 0.6 is 11.6 Å². The second-order valence-corrected chi connectivity index (χ2v) is 6.81. The fourth-order valence-electron chi connectivity index (χ4n) is 3.18. The lowest BCUT2D eigenvalue weighted by Crippen LogP contribution is -2.24. The minimum atomic E-state index is -0.0907. The molecular weight excluding hydrogens is 260 g/mol. The van der Waals surface area contributed by atoms with Gasteiger partial charge in [-0.05, 0) is 44.4 Å². The Bertz CT molecular complexity index is 484. The van der Waals surface area contributed by atoms with Gasteiger partial charge in [-0.15, -0.1) is 11.6 Å². The van der Waals surface area contributed by atoms with E-state index >= 15 is 0 Å². The minimum Gasteiger partial charge on any atom is -0.487 e. The molecule has 1 saturated heterocycles. The summed E-state index contributed by atoms with van der Waals surface area (Å²) in [7, 11) is 0. The molecule has 3 rings (SSSR count). The largest absolute Gasteiger partial charge is 0.487 e. The molecule has 2 nitrogen and oxygen atoms in total. The first-order chi connectivity index (χ1) is 8.96. The van der Waals surface area contributed by atoms with E-state index in [1.165, 1.54) is 11.1 Å². The molecule has 2 aliphatic heterocycles. The second-order valence-electron chi connectivity index (χ2n) is 6.34. The summed E-state index contributed by atoms with van der Waals surface area (Å²) in [6, 6.07) is 6.38. The summed E-state index contributed by atoms with van der Waals surface area (Å²) in [5, 5.41) is 0.0338. The molecule has 2 heterocycles. The first-order valence-corrected chi connectivity index (χ1v) is 7.47. The van der Waals surface area contributed by atoms with Crippen molar-refractivity contribution in [3.63, 3.8) is 0 Å². The van der Waals surface area contributed by atoms with Crippen LogP contribution in [0.15, 0.2) is 18.2 Å². The van der Waals surface area contributed by atoms with Crippen molar-refractivity contribution >= 4 is 11.6 Å². The average Bonchev–Trinajstić information content (AvgIpc) is 2.88. The molecule has 0 radical (unpaired) electrons. The topological polar surface area (TPSA) is 18.5 Å². The highest BCUT2D eigenvalue weighted by molar-refractivity contribution is 6.21. The van der Waals surface area contributed by atoms with Crippen molar-refractivity contribution in [2.45, 2.75) is 50.7 Å². The lowest BCUT2D eigenvalue weighted by molar-refractivity contribution is 0.105. The van der Waals surface area contributed by atoms with Gasteiger partial charge in [0.25, 0.3) is 0 Å². The third-order valence-corrected chi connectivity index (χ3v) is 4.79. The zero-order chi connectivity index (χ0) is 13.6. The zero-order valence-electron chi connectivity index (χ0n) is 11.8. The number of hydrogen-bond acceptors (Lipinski definition) is 2. The molecule has 0 aliphatic carbocycles. The van der Waals surface area contributed by atoms with Crippen molar-refractivity contribution in [2.75, 3.05) is 6.61 Å². The fraction of sp³-hybridized carbons (Fsp3) is 0.625. The standard InChI is InChI=1S/C16H21ClO2/c1-10-13(6-7-18-10)15(17)11-4-5-14-12(8-11)9-16(2,3)19-14/h4-5,8,10,13,15H,6-7,9H2,1-3H3. The second kappa shape index (κ2) is 4.68. The molecular formula is C16H21ClO2. The van der Waals surface area contributed by atoms with Gasteiger partial charge in [0.05, 0.1) is 11.5 Å². The Morgan fingerprint density at radius 2 is 2.16 bits per heavy atom. The summed E-state index contributed by atoms with van der Waals surface area (Å²) in [5.74, 6) is 1.42. The molecule has 0 spiro atoms. The lowest BCUT2D eigenvalue weighted by atomic mass is 9.91. The van der Waals surface area contributed by atoms with Crippen molar-refractivity contribution in [3.05, 3.63) is 29.3 Å². The van der Waals surface area contributed by atoms with Crippen molar-refractivity contribution in [3.8, 4) is 5.75 Å². The normalized spacial score (nSPS) is 29.9. The molecule has 0 bridgehead atoms. The number of ether oxygens (including phenoxy) is 2. The average molecular weight is 281 g/mol. The van der Waals surface area contributed by atoms with Crippen LogP contribution in [0.3, 0.4) is 0 Å². The highest BCUT2D eigenvalue weighted by Gasteiger charge is 2.34. The maximum absolute atomic E-state index is 6.66. The summed E-state index contributed by atoms with van der Waals surface area (Å²) in [4.78, 5) is 0. The fourth-order valence-corrected chi connectivity index (χ4v) is 3.65. The Morgan fingerprint density at radius 3 is 2.84 bits per heavy atom. The van der Waals surface area contributed by atoms with Crippen LogP contribution in [-0.2, 0) is 11.2 Å². The highest BCUT2D eigenvalue weighted by atomic mass is 35.5. The van der Waals surface area contributed by atoms with E-state index < -0.39 is 0 Å². The predicted molar refractivity (Wildman–Crippen MR) is 77.0 cm³/mol. The van der Waals surface area contributed by atoms with Crippen LogP contribution in [0.1, 0.15) is 43.7 Å². The third-order valence-electron chi connectivity index (χ3n) is 4.22. The molecule has 1 fully saturated rings. The lowest BCUT2D eigenvalue weighted by Gasteiger charge is -2.20. The number of alkyl halides is 1. The van der Waals surface area contributed by atoms with Gasteiger partial charge in [0.15, 0.2) is 0 Å². The molecule has 2 aliphatic rings. The Morgan fingerprint density at radius 1 is 1.37 bits per heavy atom. The third kappa shape index (κ3) is 2.48. The summed E-state index contributed by atoms with van der Waals surface area (Å²) in [6.45, 7) is 7.19. The van der Waals surface area contributed by atoms with Crippen molar-refractivity contribution in [1.29, 1.82) is 0 Å². The number of rotatable bonds is 2. The zero-order valence-corrected chi connectivity index (χ0v) is 12.5. The van der Waals surface area contributed by atoms with Gasteiger partial charge in [-0.1, -0.05) is 12.1 Å². The van der Waals surface area contributed by atoms with Gasteiger partial charge in [0.2, 0.25) is 0 Å². The minimum absolute atomic E-state index is 0.0338. The Hall–Kier alpha value is -0.730. The maximum Gasteiger partial charge on any atom is 0.123 e. The van der Waals surface area contributed by atoms with Crippen molar-refractivity contribution in [2.24, 2.45) is 5.92 Å². The molecule has 3 unspecified atom stereocenters. The van der Waals surface area contributed by atoms with E-state index in [9.17, 15) is 0 Å². The number of fused-ring (bicyclic) bond motifs is 1. The quantitative estimate of drug-likeness (QED) is 0.759. The maximum atomic E-state index is 6.66. The molecule has 0 saturated carbocycles. The molecule has 1 aromatic rings. The van der Waals surface area contributed by atoms with Crippen LogP contribution in [0.4, 0.5) is 0 Å². The van der Waals surface area contributed by atoms with Crippen molar-refractivity contribution < 1.29 is 9.47 Å². The van der Waals surface area contributed by atoms with Crippen LogP contribution in [0, 0.1) is 5.92 Å². The van der Waals surface area contributed by atoms with Crippen LogP contribution in [-0.4, -0.2) is 18.3 Å². The van der Waals surface area contributed by atoms with E-state index in [4.69, 9.17) is 21.1 Å². The smallest absolute Gasteiger partial charge is 0.123 e. The summed E-state index contributed by atoms with van der Waals surface area (Å²) in [6.07, 6.45) is 2.26. The van der Waals surface area contributed by atoms with Crippen LogP contribution < -0.4 is 4.74 Å². The van der Waals surface area contributed by atoms with E-state index in [2.05, 4.69) is 39.0 Å². The van der Waals surface area contributed by atoms with Gasteiger partial charge in [-0.2, -0.15) is 0 Å². The number of halogens is 1. The van der Waals surface area contributed by atoms with Crippen LogP contribution in [0.2, 0.25) is 0 Å². The van der Waals surface area contributed by atoms with E-state index in [-0.39, 0.29) is 17.1 Å². The van der Waals surface area contributed by atoms with E-state index in [1.54, 1.807) is 0 Å². The van der Waals surface area contributed by atoms with Gasteiger partial charge in [-0.25, -0.2) is 0 Å². The van der Waals surface area contributed by atoms with Crippen LogP contribution in [0.5, 0.6) is 5.75 Å². The van der Waals surface area contributed by atoms with Gasteiger partial charge in [-0.3, -0.25) is 0 Å². The van der Waals surface area contributed by atoms with Gasteiger partial charge in [0, 0.05) is 18.9 Å².